The Morgan fingerprint density at radius 2 is 2.11 bits per heavy atom. The van der Waals surface area contributed by atoms with Crippen molar-refractivity contribution < 1.29 is 4.79 Å². The Morgan fingerprint density at radius 3 is 2.68 bits per heavy atom. The molecule has 0 fully saturated rings. The minimum atomic E-state index is -0.0651. The van der Waals surface area contributed by atoms with Crippen LogP contribution in [0.15, 0.2) is 30.3 Å². The maximum atomic E-state index is 12.1. The second kappa shape index (κ2) is 6.08. The lowest BCUT2D eigenvalue weighted by Gasteiger charge is -2.08. The van der Waals surface area contributed by atoms with Gasteiger partial charge < -0.3 is 10.6 Å². The van der Waals surface area contributed by atoms with E-state index in [1.807, 2.05) is 44.3 Å². The number of halogens is 1. The van der Waals surface area contributed by atoms with Gasteiger partial charge in [-0.25, -0.2) is 0 Å². The lowest BCUT2D eigenvalue weighted by molar-refractivity contribution is 0.0950. The third kappa shape index (κ3) is 3.49. The molecule has 2 N–H and O–H groups in total. The molecule has 5 heteroatoms. The summed E-state index contributed by atoms with van der Waals surface area (Å²) in [6.07, 6.45) is 0. The van der Waals surface area contributed by atoms with E-state index in [0.717, 1.165) is 20.5 Å². The number of benzene rings is 1. The molecule has 1 aromatic carbocycles. The maximum Gasteiger partial charge on any atom is 0.251 e. The van der Waals surface area contributed by atoms with Gasteiger partial charge in [-0.1, -0.05) is 11.6 Å². The summed E-state index contributed by atoms with van der Waals surface area (Å²) in [6, 6.07) is 9.43. The Bertz CT molecular complexity index is 595. The van der Waals surface area contributed by atoms with Crippen molar-refractivity contribution in [3.8, 4) is 0 Å². The molecule has 3 nitrogen and oxygen atoms in total. The van der Waals surface area contributed by atoms with Gasteiger partial charge in [0.15, 0.2) is 0 Å². The fourth-order valence-corrected chi connectivity index (χ4v) is 2.81. The molecule has 0 bridgehead atoms. The first-order chi connectivity index (χ1) is 9.10. The highest BCUT2D eigenvalue weighted by Gasteiger charge is 2.09. The second-order valence-electron chi connectivity index (χ2n) is 4.17. The molecule has 2 aromatic rings. The van der Waals surface area contributed by atoms with Crippen LogP contribution in [0.4, 0.5) is 5.69 Å². The molecule has 0 atom stereocenters. The van der Waals surface area contributed by atoms with Crippen molar-refractivity contribution in [3.05, 3.63) is 50.7 Å². The minimum Gasteiger partial charge on any atom is -0.388 e. The number of carbonyl (C=O) groups is 1. The van der Waals surface area contributed by atoms with Crippen LogP contribution in [0, 0.1) is 6.92 Å². The third-order valence-electron chi connectivity index (χ3n) is 2.81. The first kappa shape index (κ1) is 13.9. The van der Waals surface area contributed by atoms with Gasteiger partial charge in [-0.3, -0.25) is 4.79 Å². The standard InChI is InChI=1S/C14H15ClN2OS/c1-9-7-10(16-2)3-5-12(9)14(18)17-8-11-4-6-13(15)19-11/h3-7,16H,8H2,1-2H3,(H,17,18). The summed E-state index contributed by atoms with van der Waals surface area (Å²) in [4.78, 5) is 13.1. The van der Waals surface area contributed by atoms with E-state index in [4.69, 9.17) is 11.6 Å². The van der Waals surface area contributed by atoms with Gasteiger partial charge in [-0.2, -0.15) is 0 Å². The summed E-state index contributed by atoms with van der Waals surface area (Å²) in [7, 11) is 1.86. The predicted molar refractivity (Wildman–Crippen MR) is 81.2 cm³/mol. The summed E-state index contributed by atoms with van der Waals surface area (Å²) in [5.41, 5.74) is 2.65. The lowest BCUT2D eigenvalue weighted by Crippen LogP contribution is -2.23. The zero-order valence-corrected chi connectivity index (χ0v) is 12.4. The first-order valence-corrected chi connectivity index (χ1v) is 7.10. The van der Waals surface area contributed by atoms with Gasteiger partial charge in [0.25, 0.3) is 5.91 Å². The topological polar surface area (TPSA) is 41.1 Å². The molecule has 1 aromatic heterocycles. The highest BCUT2D eigenvalue weighted by molar-refractivity contribution is 7.16. The highest BCUT2D eigenvalue weighted by Crippen LogP contribution is 2.21. The van der Waals surface area contributed by atoms with Gasteiger partial charge >= 0.3 is 0 Å². The van der Waals surface area contributed by atoms with Crippen molar-refractivity contribution in [2.24, 2.45) is 0 Å². The number of carbonyl (C=O) groups excluding carboxylic acids is 1. The van der Waals surface area contributed by atoms with E-state index in [2.05, 4.69) is 10.6 Å². The Hall–Kier alpha value is -1.52. The number of aryl methyl sites for hydroxylation is 1. The zero-order valence-electron chi connectivity index (χ0n) is 10.8. The van der Waals surface area contributed by atoms with Crippen molar-refractivity contribution in [2.45, 2.75) is 13.5 Å². The fraction of sp³-hybridized carbons (Fsp3) is 0.214. The Labute approximate surface area is 121 Å². The van der Waals surface area contributed by atoms with Crippen molar-refractivity contribution >= 4 is 34.5 Å². The highest BCUT2D eigenvalue weighted by atomic mass is 35.5. The molecule has 0 aliphatic rings. The monoisotopic (exact) mass is 294 g/mol. The van der Waals surface area contributed by atoms with E-state index in [1.54, 1.807) is 0 Å². The molecule has 1 heterocycles. The molecule has 0 saturated carbocycles. The van der Waals surface area contributed by atoms with E-state index in [-0.39, 0.29) is 5.91 Å². The molecule has 0 aliphatic carbocycles. The Kier molecular flexibility index (Phi) is 4.45. The molecule has 0 unspecified atom stereocenters. The van der Waals surface area contributed by atoms with Crippen LogP contribution in [0.25, 0.3) is 0 Å². The lowest BCUT2D eigenvalue weighted by atomic mass is 10.1. The number of amides is 1. The average molecular weight is 295 g/mol. The van der Waals surface area contributed by atoms with Crippen LogP contribution < -0.4 is 10.6 Å². The van der Waals surface area contributed by atoms with Crippen LogP contribution in [0.3, 0.4) is 0 Å². The molecule has 19 heavy (non-hydrogen) atoms. The second-order valence-corrected chi connectivity index (χ2v) is 5.97. The van der Waals surface area contributed by atoms with Crippen LogP contribution in [0.1, 0.15) is 20.8 Å². The molecule has 0 spiro atoms. The maximum absolute atomic E-state index is 12.1. The molecular weight excluding hydrogens is 280 g/mol. The minimum absolute atomic E-state index is 0.0651. The van der Waals surface area contributed by atoms with Crippen LogP contribution in [-0.4, -0.2) is 13.0 Å². The molecule has 100 valence electrons. The van der Waals surface area contributed by atoms with Crippen LogP contribution in [0.5, 0.6) is 0 Å². The van der Waals surface area contributed by atoms with E-state index in [1.165, 1.54) is 11.3 Å². The Morgan fingerprint density at radius 1 is 1.32 bits per heavy atom. The molecule has 0 radical (unpaired) electrons. The summed E-state index contributed by atoms with van der Waals surface area (Å²) < 4.78 is 0.735. The van der Waals surface area contributed by atoms with Gasteiger partial charge in [-0.15, -0.1) is 11.3 Å². The smallest absolute Gasteiger partial charge is 0.251 e. The van der Waals surface area contributed by atoms with Crippen molar-refractivity contribution in [3.63, 3.8) is 0 Å². The summed E-state index contributed by atoms with van der Waals surface area (Å²) in [6.45, 7) is 2.43. The van der Waals surface area contributed by atoms with Crippen molar-refractivity contribution in [1.82, 2.24) is 5.32 Å². The fourth-order valence-electron chi connectivity index (χ4n) is 1.78. The number of hydrogen-bond acceptors (Lipinski definition) is 3. The summed E-state index contributed by atoms with van der Waals surface area (Å²) >= 11 is 7.33. The Balaban J connectivity index is 2.03. The molecular formula is C14H15ClN2OS. The van der Waals surface area contributed by atoms with Gasteiger partial charge in [0.2, 0.25) is 0 Å². The normalized spacial score (nSPS) is 10.3. The van der Waals surface area contributed by atoms with Gasteiger partial charge in [-0.05, 0) is 42.8 Å². The molecule has 0 saturated heterocycles. The summed E-state index contributed by atoms with van der Waals surface area (Å²) in [5.74, 6) is -0.0651. The quantitative estimate of drug-likeness (QED) is 0.903. The third-order valence-corrected chi connectivity index (χ3v) is 4.04. The van der Waals surface area contributed by atoms with Crippen molar-refractivity contribution in [2.75, 3.05) is 12.4 Å². The van der Waals surface area contributed by atoms with Gasteiger partial charge in [0.1, 0.15) is 0 Å². The predicted octanol–water partition coefficient (Wildman–Crippen LogP) is 3.68. The van der Waals surface area contributed by atoms with Crippen LogP contribution >= 0.6 is 22.9 Å². The van der Waals surface area contributed by atoms with Crippen LogP contribution in [-0.2, 0) is 6.54 Å². The van der Waals surface area contributed by atoms with E-state index in [0.29, 0.717) is 12.1 Å². The SMILES string of the molecule is CNc1ccc(C(=O)NCc2ccc(Cl)s2)c(C)c1. The summed E-state index contributed by atoms with van der Waals surface area (Å²) in [5, 5.41) is 5.95. The van der Waals surface area contributed by atoms with Gasteiger partial charge in [0, 0.05) is 23.2 Å². The molecule has 2 rings (SSSR count). The zero-order chi connectivity index (χ0) is 13.8. The molecule has 1 amide bonds. The average Bonchev–Trinajstić information content (AvgIpc) is 2.81. The van der Waals surface area contributed by atoms with Gasteiger partial charge in [0.05, 0.1) is 10.9 Å². The number of nitrogens with one attached hydrogen (secondary N) is 2. The largest absolute Gasteiger partial charge is 0.388 e. The molecule has 0 aliphatic heterocycles. The number of rotatable bonds is 4. The van der Waals surface area contributed by atoms with E-state index in [9.17, 15) is 4.79 Å². The van der Waals surface area contributed by atoms with E-state index < -0.39 is 0 Å². The van der Waals surface area contributed by atoms with Crippen LogP contribution in [0.2, 0.25) is 4.34 Å². The first-order valence-electron chi connectivity index (χ1n) is 5.91. The van der Waals surface area contributed by atoms with E-state index >= 15 is 0 Å². The number of thiophene rings is 1. The number of hydrogen-bond donors (Lipinski definition) is 2. The number of anilines is 1. The van der Waals surface area contributed by atoms with Crippen molar-refractivity contribution in [1.29, 1.82) is 0 Å².